The molecule has 1 aliphatic heterocycles. The van der Waals surface area contributed by atoms with Gasteiger partial charge in [0.15, 0.2) is 5.13 Å². The predicted octanol–water partition coefficient (Wildman–Crippen LogP) is 2.13. The number of carbonyl (C=O) groups excluding carboxylic acids is 2. The van der Waals surface area contributed by atoms with Crippen LogP contribution in [0, 0.1) is 6.92 Å². The van der Waals surface area contributed by atoms with Gasteiger partial charge in [0.2, 0.25) is 5.91 Å². The summed E-state index contributed by atoms with van der Waals surface area (Å²) in [7, 11) is 0. The molecule has 1 aromatic heterocycles. The lowest BCUT2D eigenvalue weighted by molar-refractivity contribution is -0.117. The van der Waals surface area contributed by atoms with E-state index in [1.807, 2.05) is 0 Å². The second-order valence-electron chi connectivity index (χ2n) is 3.94. The van der Waals surface area contributed by atoms with Crippen LogP contribution in [0.2, 0.25) is 0 Å². The summed E-state index contributed by atoms with van der Waals surface area (Å²) >= 11 is 4.63. The van der Waals surface area contributed by atoms with Gasteiger partial charge in [0.1, 0.15) is 4.88 Å². The predicted molar refractivity (Wildman–Crippen MR) is 72.5 cm³/mol. The number of anilines is 1. The number of aryl methyl sites for hydroxylation is 1. The molecule has 0 bridgehead atoms. The van der Waals surface area contributed by atoms with E-state index in [4.69, 9.17) is 4.74 Å². The van der Waals surface area contributed by atoms with Gasteiger partial charge in [0, 0.05) is 17.8 Å². The summed E-state index contributed by atoms with van der Waals surface area (Å²) in [6.07, 6.45) is 0.466. The molecule has 0 radical (unpaired) electrons. The second kappa shape index (κ2) is 5.36. The molecular weight excluding hydrogens is 320 g/mol. The third kappa shape index (κ3) is 2.56. The van der Waals surface area contributed by atoms with Crippen LogP contribution in [0.3, 0.4) is 0 Å². The van der Waals surface area contributed by atoms with Crippen molar-refractivity contribution in [1.29, 1.82) is 0 Å². The lowest BCUT2D eigenvalue weighted by Gasteiger charge is -2.10. The van der Waals surface area contributed by atoms with Crippen molar-refractivity contribution in [2.45, 2.75) is 25.1 Å². The Morgan fingerprint density at radius 3 is 2.94 bits per heavy atom. The molecule has 1 atom stereocenters. The van der Waals surface area contributed by atoms with E-state index >= 15 is 0 Å². The van der Waals surface area contributed by atoms with E-state index in [9.17, 15) is 9.59 Å². The molecule has 1 unspecified atom stereocenters. The molecule has 1 aromatic rings. The quantitative estimate of drug-likeness (QED) is 0.628. The van der Waals surface area contributed by atoms with Crippen molar-refractivity contribution >= 4 is 44.3 Å². The van der Waals surface area contributed by atoms with Crippen molar-refractivity contribution in [3.63, 3.8) is 0 Å². The number of halogens is 1. The highest BCUT2D eigenvalue weighted by atomic mass is 79.9. The van der Waals surface area contributed by atoms with Crippen LogP contribution in [0.25, 0.3) is 0 Å². The minimum Gasteiger partial charge on any atom is -0.462 e. The van der Waals surface area contributed by atoms with E-state index in [2.05, 4.69) is 20.9 Å². The number of thiazole rings is 1. The van der Waals surface area contributed by atoms with Gasteiger partial charge in [-0.05, 0) is 13.8 Å². The number of esters is 1. The molecule has 0 aromatic carbocycles. The summed E-state index contributed by atoms with van der Waals surface area (Å²) in [5, 5.41) is 0.572. The van der Waals surface area contributed by atoms with Crippen LogP contribution < -0.4 is 4.90 Å². The fraction of sp³-hybridized carbons (Fsp3) is 0.545. The summed E-state index contributed by atoms with van der Waals surface area (Å²) in [5.41, 5.74) is 0.610. The largest absolute Gasteiger partial charge is 0.462 e. The number of hydrogen-bond acceptors (Lipinski definition) is 5. The zero-order valence-corrected chi connectivity index (χ0v) is 12.5. The number of alkyl halides is 1. The lowest BCUT2D eigenvalue weighted by atomic mass is 10.4. The molecule has 98 valence electrons. The number of nitrogens with zero attached hydrogens (tertiary/aromatic N) is 2. The minimum absolute atomic E-state index is 0.0287. The van der Waals surface area contributed by atoms with Crippen LogP contribution in [0.1, 0.15) is 28.7 Å². The molecular formula is C11H13BrN2O3S. The highest BCUT2D eigenvalue weighted by Crippen LogP contribution is 2.31. The van der Waals surface area contributed by atoms with Crippen LogP contribution in [-0.4, -0.2) is 34.8 Å². The SMILES string of the molecule is CCOC(=O)c1sc(N2CC(Br)CC2=O)nc1C. The maximum Gasteiger partial charge on any atom is 0.350 e. The molecule has 0 spiro atoms. The monoisotopic (exact) mass is 332 g/mol. The van der Waals surface area contributed by atoms with E-state index in [1.54, 1.807) is 18.7 Å². The molecule has 18 heavy (non-hydrogen) atoms. The number of amides is 1. The Kier molecular flexibility index (Phi) is 4.01. The van der Waals surface area contributed by atoms with Gasteiger partial charge in [0.05, 0.1) is 12.3 Å². The normalized spacial score (nSPS) is 19.4. The second-order valence-corrected chi connectivity index (χ2v) is 6.21. The molecule has 0 aliphatic carbocycles. The average Bonchev–Trinajstić information content (AvgIpc) is 2.82. The van der Waals surface area contributed by atoms with Gasteiger partial charge < -0.3 is 4.74 Å². The van der Waals surface area contributed by atoms with Crippen molar-refractivity contribution in [3.05, 3.63) is 10.6 Å². The Balaban J connectivity index is 2.23. The van der Waals surface area contributed by atoms with E-state index in [-0.39, 0.29) is 16.7 Å². The van der Waals surface area contributed by atoms with Crippen LogP contribution in [-0.2, 0) is 9.53 Å². The summed E-state index contributed by atoms with van der Waals surface area (Å²) < 4.78 is 4.95. The molecule has 0 saturated carbocycles. The highest BCUT2D eigenvalue weighted by molar-refractivity contribution is 9.09. The molecule has 1 aliphatic rings. The van der Waals surface area contributed by atoms with Crippen molar-refractivity contribution in [2.75, 3.05) is 18.1 Å². The first-order chi connectivity index (χ1) is 8.52. The molecule has 2 rings (SSSR count). The van der Waals surface area contributed by atoms with Crippen molar-refractivity contribution in [3.8, 4) is 0 Å². The fourth-order valence-corrected chi connectivity index (χ4v) is 3.29. The first kappa shape index (κ1) is 13.5. The molecule has 1 fully saturated rings. The van der Waals surface area contributed by atoms with Gasteiger partial charge in [-0.3, -0.25) is 9.69 Å². The molecule has 7 heteroatoms. The van der Waals surface area contributed by atoms with Crippen molar-refractivity contribution in [1.82, 2.24) is 4.98 Å². The maximum atomic E-state index is 11.7. The van der Waals surface area contributed by atoms with E-state index in [0.29, 0.717) is 35.3 Å². The molecule has 5 nitrogen and oxygen atoms in total. The van der Waals surface area contributed by atoms with Crippen molar-refractivity contribution in [2.24, 2.45) is 0 Å². The Hall–Kier alpha value is -0.950. The average molecular weight is 333 g/mol. The number of aromatic nitrogens is 1. The maximum absolute atomic E-state index is 11.7. The highest BCUT2D eigenvalue weighted by Gasteiger charge is 2.32. The summed E-state index contributed by atoms with van der Waals surface area (Å²) in [6, 6.07) is 0. The van der Waals surface area contributed by atoms with Crippen LogP contribution in [0.4, 0.5) is 5.13 Å². The third-order valence-corrected chi connectivity index (χ3v) is 4.33. The van der Waals surface area contributed by atoms with Crippen LogP contribution >= 0.6 is 27.3 Å². The Morgan fingerprint density at radius 2 is 2.39 bits per heavy atom. The van der Waals surface area contributed by atoms with Crippen molar-refractivity contribution < 1.29 is 14.3 Å². The van der Waals surface area contributed by atoms with Gasteiger partial charge in [-0.25, -0.2) is 9.78 Å². The summed E-state index contributed by atoms with van der Waals surface area (Å²) in [6.45, 7) is 4.43. The van der Waals surface area contributed by atoms with Crippen LogP contribution in [0.5, 0.6) is 0 Å². The van der Waals surface area contributed by atoms with Gasteiger partial charge in [-0.15, -0.1) is 0 Å². The topological polar surface area (TPSA) is 59.5 Å². The van der Waals surface area contributed by atoms with E-state index in [0.717, 1.165) is 0 Å². The van der Waals surface area contributed by atoms with E-state index in [1.165, 1.54) is 11.3 Å². The molecule has 1 saturated heterocycles. The number of hydrogen-bond donors (Lipinski definition) is 0. The first-order valence-corrected chi connectivity index (χ1v) is 7.35. The minimum atomic E-state index is -0.374. The summed E-state index contributed by atoms with van der Waals surface area (Å²) in [5.74, 6) is -0.346. The van der Waals surface area contributed by atoms with Gasteiger partial charge in [0.25, 0.3) is 0 Å². The Labute approximate surface area is 117 Å². The van der Waals surface area contributed by atoms with Gasteiger partial charge in [-0.2, -0.15) is 0 Å². The number of ether oxygens (including phenoxy) is 1. The Morgan fingerprint density at radius 1 is 1.67 bits per heavy atom. The third-order valence-electron chi connectivity index (χ3n) is 2.55. The standard InChI is InChI=1S/C11H13BrN2O3S/c1-3-17-10(16)9-6(2)13-11(18-9)14-5-7(12)4-8(14)15/h7H,3-5H2,1-2H3. The molecule has 1 amide bonds. The number of carbonyl (C=O) groups is 2. The van der Waals surface area contributed by atoms with Gasteiger partial charge in [-0.1, -0.05) is 27.3 Å². The Bertz CT molecular complexity index is 489. The number of rotatable bonds is 3. The lowest BCUT2D eigenvalue weighted by Crippen LogP contribution is -2.24. The molecule has 0 N–H and O–H groups in total. The fourth-order valence-electron chi connectivity index (χ4n) is 1.73. The van der Waals surface area contributed by atoms with Gasteiger partial charge >= 0.3 is 5.97 Å². The zero-order valence-electron chi connectivity index (χ0n) is 10.1. The first-order valence-electron chi connectivity index (χ1n) is 5.62. The summed E-state index contributed by atoms with van der Waals surface area (Å²) in [4.78, 5) is 29.9. The molecule has 2 heterocycles. The van der Waals surface area contributed by atoms with Crippen LogP contribution in [0.15, 0.2) is 0 Å². The van der Waals surface area contributed by atoms with E-state index < -0.39 is 0 Å². The zero-order chi connectivity index (χ0) is 13.3. The smallest absolute Gasteiger partial charge is 0.350 e.